The third-order valence-corrected chi connectivity index (χ3v) is 5.28. The summed E-state index contributed by atoms with van der Waals surface area (Å²) in [5.74, 6) is -0.744. The van der Waals surface area contributed by atoms with E-state index in [1.807, 2.05) is 0 Å². The zero-order valence-corrected chi connectivity index (χ0v) is 13.5. The summed E-state index contributed by atoms with van der Waals surface area (Å²) in [6, 6.07) is 4.20. The van der Waals surface area contributed by atoms with Crippen LogP contribution in [0.3, 0.4) is 0 Å². The molecule has 1 aliphatic rings. The second-order valence-corrected chi connectivity index (χ2v) is 8.12. The minimum Gasteiger partial charge on any atom is -0.433 e. The summed E-state index contributed by atoms with van der Waals surface area (Å²) in [4.78, 5) is 13.0. The Morgan fingerprint density at radius 3 is 2.62 bits per heavy atom. The van der Waals surface area contributed by atoms with Gasteiger partial charge in [0.1, 0.15) is 5.25 Å². The number of carbonyl (C=O) groups is 1. The van der Waals surface area contributed by atoms with E-state index in [1.165, 1.54) is 18.2 Å². The number of hydrogen-bond donors (Lipinski definition) is 0. The zero-order valence-electron chi connectivity index (χ0n) is 10.3. The zero-order chi connectivity index (χ0) is 15.8. The Labute approximate surface area is 132 Å². The number of benzene rings is 1. The van der Waals surface area contributed by atoms with Gasteiger partial charge in [-0.1, -0.05) is 15.9 Å². The molecule has 0 aromatic heterocycles. The Kier molecular flexibility index (Phi) is 4.74. The Morgan fingerprint density at radius 1 is 1.43 bits per heavy atom. The number of hydrogen-bond acceptors (Lipinski definition) is 4. The van der Waals surface area contributed by atoms with Crippen molar-refractivity contribution < 1.29 is 26.7 Å². The molecule has 1 fully saturated rings. The second-order valence-electron chi connectivity index (χ2n) is 4.30. The molecule has 0 spiro atoms. The summed E-state index contributed by atoms with van der Waals surface area (Å²) in [6.07, 6.45) is -0.296. The molecule has 116 valence electrons. The molecule has 0 radical (unpaired) electrons. The molecule has 0 N–H and O–H groups in total. The molecule has 10 heteroatoms. The predicted octanol–water partition coefficient (Wildman–Crippen LogP) is 2.72. The van der Waals surface area contributed by atoms with Crippen molar-refractivity contribution in [3.8, 4) is 5.75 Å². The van der Waals surface area contributed by atoms with Gasteiger partial charge in [0, 0.05) is 28.1 Å². The van der Waals surface area contributed by atoms with E-state index in [9.17, 15) is 22.0 Å². The summed E-state index contributed by atoms with van der Waals surface area (Å²) >= 11 is 3.11. The average molecular weight is 405 g/mol. The Bertz CT molecular complexity index is 670. The van der Waals surface area contributed by atoms with Gasteiger partial charge >= 0.3 is 6.61 Å². The van der Waals surface area contributed by atoms with Gasteiger partial charge in [-0.05, 0) is 18.2 Å². The van der Waals surface area contributed by atoms with Gasteiger partial charge in [0.05, 0.1) is 5.69 Å². The van der Waals surface area contributed by atoms with E-state index in [1.54, 1.807) is 0 Å². The van der Waals surface area contributed by atoms with E-state index in [0.29, 0.717) is 4.47 Å². The van der Waals surface area contributed by atoms with Crippen LogP contribution in [0.2, 0.25) is 0 Å². The van der Waals surface area contributed by atoms with Gasteiger partial charge in [-0.2, -0.15) is 8.78 Å². The molecule has 1 aromatic rings. The maximum atomic E-state index is 12.4. The fraction of sp³-hybridized carbons (Fsp3) is 0.364. The number of ether oxygens (including phenoxy) is 1. The molecule has 0 saturated carbocycles. The topological polar surface area (TPSA) is 63.7 Å². The van der Waals surface area contributed by atoms with Crippen LogP contribution in [0.15, 0.2) is 22.7 Å². The predicted molar refractivity (Wildman–Crippen MR) is 76.3 cm³/mol. The quantitative estimate of drug-likeness (QED) is 0.724. The van der Waals surface area contributed by atoms with Crippen LogP contribution in [0.1, 0.15) is 6.42 Å². The minimum atomic E-state index is -3.91. The van der Waals surface area contributed by atoms with Crippen molar-refractivity contribution in [1.82, 2.24) is 0 Å². The van der Waals surface area contributed by atoms with E-state index in [2.05, 4.69) is 20.7 Å². The average Bonchev–Trinajstić information content (AvgIpc) is 2.70. The third-order valence-electron chi connectivity index (χ3n) is 2.92. The lowest BCUT2D eigenvalue weighted by atomic mass is 10.2. The van der Waals surface area contributed by atoms with Gasteiger partial charge < -0.3 is 9.64 Å². The molecule has 1 heterocycles. The largest absolute Gasteiger partial charge is 0.433 e. The highest BCUT2D eigenvalue weighted by Gasteiger charge is 2.39. The number of alkyl halides is 2. The molecule has 2 rings (SSSR count). The second kappa shape index (κ2) is 6.05. The molecular weight excluding hydrogens is 396 g/mol. The molecular formula is C11H9BrClF2NO4S. The SMILES string of the molecule is O=C1CC(S(=O)(=O)Cl)CN1c1ccc(Br)cc1OC(F)F. The van der Waals surface area contributed by atoms with E-state index in [-0.39, 0.29) is 24.4 Å². The normalized spacial score (nSPS) is 19.4. The van der Waals surface area contributed by atoms with Crippen LogP contribution >= 0.6 is 26.6 Å². The lowest BCUT2D eigenvalue weighted by Gasteiger charge is -2.20. The van der Waals surface area contributed by atoms with E-state index >= 15 is 0 Å². The highest BCUT2D eigenvalue weighted by molar-refractivity contribution is 9.10. The Hall–Kier alpha value is -0.930. The lowest BCUT2D eigenvalue weighted by Crippen LogP contribution is -2.27. The van der Waals surface area contributed by atoms with Crippen molar-refractivity contribution in [2.45, 2.75) is 18.3 Å². The first-order valence-electron chi connectivity index (χ1n) is 5.66. The first-order valence-corrected chi connectivity index (χ1v) is 8.83. The number of halogens is 4. The summed E-state index contributed by atoms with van der Waals surface area (Å²) in [5.41, 5.74) is 0.0753. The number of nitrogens with zero attached hydrogens (tertiary/aromatic N) is 1. The van der Waals surface area contributed by atoms with Crippen LogP contribution in [-0.4, -0.2) is 32.7 Å². The molecule has 5 nitrogen and oxygen atoms in total. The van der Waals surface area contributed by atoms with Crippen LogP contribution in [0.4, 0.5) is 14.5 Å². The van der Waals surface area contributed by atoms with E-state index in [0.717, 1.165) is 4.90 Å². The highest BCUT2D eigenvalue weighted by atomic mass is 79.9. The van der Waals surface area contributed by atoms with Crippen molar-refractivity contribution in [3.05, 3.63) is 22.7 Å². The fourth-order valence-corrected chi connectivity index (χ4v) is 3.36. The molecule has 1 atom stereocenters. The van der Waals surface area contributed by atoms with Crippen LogP contribution in [-0.2, 0) is 13.8 Å². The molecule has 1 unspecified atom stereocenters. The van der Waals surface area contributed by atoms with Crippen molar-refractivity contribution in [3.63, 3.8) is 0 Å². The molecule has 0 bridgehead atoms. The molecule has 21 heavy (non-hydrogen) atoms. The Balaban J connectivity index is 2.36. The van der Waals surface area contributed by atoms with Crippen molar-refractivity contribution in [2.75, 3.05) is 11.4 Å². The van der Waals surface area contributed by atoms with Crippen LogP contribution in [0.25, 0.3) is 0 Å². The molecule has 1 saturated heterocycles. The smallest absolute Gasteiger partial charge is 0.387 e. The fourth-order valence-electron chi connectivity index (χ4n) is 2.00. The van der Waals surface area contributed by atoms with E-state index in [4.69, 9.17) is 10.7 Å². The Morgan fingerprint density at radius 2 is 2.10 bits per heavy atom. The van der Waals surface area contributed by atoms with E-state index < -0.39 is 26.8 Å². The number of carbonyl (C=O) groups excluding carboxylic acids is 1. The molecule has 1 aliphatic heterocycles. The number of anilines is 1. The van der Waals surface area contributed by atoms with Crippen LogP contribution < -0.4 is 9.64 Å². The molecule has 1 amide bonds. The van der Waals surface area contributed by atoms with Crippen LogP contribution in [0, 0.1) is 0 Å². The van der Waals surface area contributed by atoms with Gasteiger partial charge in [0.15, 0.2) is 5.75 Å². The van der Waals surface area contributed by atoms with Crippen molar-refractivity contribution in [2.24, 2.45) is 0 Å². The maximum Gasteiger partial charge on any atom is 0.387 e. The maximum absolute atomic E-state index is 12.4. The van der Waals surface area contributed by atoms with Crippen molar-refractivity contribution in [1.29, 1.82) is 0 Å². The standard InChI is InChI=1S/C11H9BrClF2NO4S/c12-6-1-2-8(9(3-6)20-11(14)15)16-5-7(4-10(16)17)21(13,18)19/h1-3,7,11H,4-5H2. The van der Waals surface area contributed by atoms with Gasteiger partial charge in [-0.15, -0.1) is 0 Å². The summed E-state index contributed by atoms with van der Waals surface area (Å²) in [7, 11) is 1.33. The highest BCUT2D eigenvalue weighted by Crippen LogP contribution is 2.36. The first-order chi connectivity index (χ1) is 9.68. The molecule has 0 aliphatic carbocycles. The molecule has 1 aromatic carbocycles. The monoisotopic (exact) mass is 403 g/mol. The first kappa shape index (κ1) is 16.4. The summed E-state index contributed by atoms with van der Waals surface area (Å²) in [5, 5.41) is -1.07. The van der Waals surface area contributed by atoms with Gasteiger partial charge in [-0.3, -0.25) is 4.79 Å². The third kappa shape index (κ3) is 3.83. The van der Waals surface area contributed by atoms with Crippen LogP contribution in [0.5, 0.6) is 5.75 Å². The number of amides is 1. The lowest BCUT2D eigenvalue weighted by molar-refractivity contribution is -0.117. The number of rotatable bonds is 4. The summed E-state index contributed by atoms with van der Waals surface area (Å²) < 4.78 is 52.3. The van der Waals surface area contributed by atoms with Gasteiger partial charge in [-0.25, -0.2) is 8.42 Å². The minimum absolute atomic E-state index is 0.0753. The summed E-state index contributed by atoms with van der Waals surface area (Å²) in [6.45, 7) is -3.27. The van der Waals surface area contributed by atoms with Gasteiger partial charge in [0.2, 0.25) is 15.0 Å². The van der Waals surface area contributed by atoms with Gasteiger partial charge in [0.25, 0.3) is 0 Å². The van der Waals surface area contributed by atoms with Crippen molar-refractivity contribution >= 4 is 47.3 Å².